The standard InChI is InChI=1S/C15H25N3OS.2ClH/c1-4-16-9-12-5-7-18(8-6-12)15(19)13-10-20-14(17-13)11(2)3;;/h10-12,16H,4-9H2,1-3H3;2*1H. The van der Waals surface area contributed by atoms with Crippen LogP contribution in [-0.2, 0) is 0 Å². The van der Waals surface area contributed by atoms with Gasteiger partial charge in [0.05, 0.1) is 5.01 Å². The summed E-state index contributed by atoms with van der Waals surface area (Å²) >= 11 is 1.59. The van der Waals surface area contributed by atoms with Gasteiger partial charge in [-0.1, -0.05) is 20.8 Å². The van der Waals surface area contributed by atoms with Crippen molar-refractivity contribution in [1.29, 1.82) is 0 Å². The molecule has 1 aliphatic rings. The Hall–Kier alpha value is -0.360. The highest BCUT2D eigenvalue weighted by Crippen LogP contribution is 2.22. The van der Waals surface area contributed by atoms with Gasteiger partial charge >= 0.3 is 0 Å². The highest BCUT2D eigenvalue weighted by Gasteiger charge is 2.25. The number of likely N-dealkylation sites (tertiary alicyclic amines) is 1. The number of thiazole rings is 1. The fourth-order valence-electron chi connectivity index (χ4n) is 2.50. The molecule has 1 N–H and O–H groups in total. The average Bonchev–Trinajstić information content (AvgIpc) is 2.95. The molecule has 1 aliphatic heterocycles. The van der Waals surface area contributed by atoms with E-state index in [0.29, 0.717) is 17.5 Å². The van der Waals surface area contributed by atoms with Crippen LogP contribution in [0.4, 0.5) is 0 Å². The van der Waals surface area contributed by atoms with Crippen LogP contribution in [0.15, 0.2) is 5.38 Å². The van der Waals surface area contributed by atoms with Gasteiger partial charge in [-0.25, -0.2) is 4.98 Å². The first kappa shape index (κ1) is 21.6. The van der Waals surface area contributed by atoms with Gasteiger partial charge in [0.1, 0.15) is 5.69 Å². The van der Waals surface area contributed by atoms with Crippen LogP contribution < -0.4 is 5.32 Å². The van der Waals surface area contributed by atoms with Gasteiger partial charge in [-0.15, -0.1) is 36.2 Å². The molecule has 128 valence electrons. The van der Waals surface area contributed by atoms with Gasteiger partial charge in [-0.3, -0.25) is 4.79 Å². The Morgan fingerprint density at radius 2 is 2.05 bits per heavy atom. The van der Waals surface area contributed by atoms with E-state index in [4.69, 9.17) is 0 Å². The second-order valence-corrected chi connectivity index (χ2v) is 6.66. The highest BCUT2D eigenvalue weighted by molar-refractivity contribution is 7.09. The molecule has 0 bridgehead atoms. The van der Waals surface area contributed by atoms with E-state index in [0.717, 1.165) is 44.0 Å². The third kappa shape index (κ3) is 5.69. The van der Waals surface area contributed by atoms with Gasteiger partial charge in [0.25, 0.3) is 5.91 Å². The van der Waals surface area contributed by atoms with Gasteiger partial charge in [0, 0.05) is 24.4 Å². The summed E-state index contributed by atoms with van der Waals surface area (Å²) in [4.78, 5) is 18.8. The number of piperidine rings is 1. The maximum Gasteiger partial charge on any atom is 0.273 e. The monoisotopic (exact) mass is 367 g/mol. The van der Waals surface area contributed by atoms with E-state index in [-0.39, 0.29) is 30.7 Å². The summed E-state index contributed by atoms with van der Waals surface area (Å²) in [5.41, 5.74) is 0.629. The van der Waals surface area contributed by atoms with E-state index < -0.39 is 0 Å². The summed E-state index contributed by atoms with van der Waals surface area (Å²) in [6.07, 6.45) is 2.19. The molecule has 0 aliphatic carbocycles. The Morgan fingerprint density at radius 3 is 2.55 bits per heavy atom. The van der Waals surface area contributed by atoms with Gasteiger partial charge in [0.2, 0.25) is 0 Å². The van der Waals surface area contributed by atoms with Crippen molar-refractivity contribution in [2.24, 2.45) is 5.92 Å². The molecule has 0 atom stereocenters. The maximum atomic E-state index is 12.4. The number of nitrogens with one attached hydrogen (secondary N) is 1. The number of hydrogen-bond donors (Lipinski definition) is 1. The zero-order chi connectivity index (χ0) is 14.5. The van der Waals surface area contributed by atoms with Crippen LogP contribution in [0, 0.1) is 5.92 Å². The summed E-state index contributed by atoms with van der Waals surface area (Å²) in [7, 11) is 0. The molecule has 1 fully saturated rings. The zero-order valence-corrected chi connectivity index (χ0v) is 16.0. The molecule has 1 saturated heterocycles. The van der Waals surface area contributed by atoms with E-state index >= 15 is 0 Å². The van der Waals surface area contributed by atoms with Crippen molar-refractivity contribution in [2.45, 2.75) is 39.5 Å². The molecule has 1 amide bonds. The molecule has 7 heteroatoms. The van der Waals surface area contributed by atoms with Gasteiger partial charge in [0.15, 0.2) is 0 Å². The van der Waals surface area contributed by atoms with Crippen molar-refractivity contribution in [2.75, 3.05) is 26.2 Å². The van der Waals surface area contributed by atoms with Gasteiger partial charge < -0.3 is 10.2 Å². The first-order valence-electron chi connectivity index (χ1n) is 7.57. The fraction of sp³-hybridized carbons (Fsp3) is 0.733. The van der Waals surface area contributed by atoms with Crippen molar-refractivity contribution in [3.05, 3.63) is 16.1 Å². The smallest absolute Gasteiger partial charge is 0.273 e. The summed E-state index contributed by atoms with van der Waals surface area (Å²) in [5, 5.41) is 6.35. The first-order valence-corrected chi connectivity index (χ1v) is 8.45. The van der Waals surface area contributed by atoms with Crippen LogP contribution in [0.25, 0.3) is 0 Å². The lowest BCUT2D eigenvalue weighted by Gasteiger charge is -2.31. The van der Waals surface area contributed by atoms with Crippen molar-refractivity contribution in [3.63, 3.8) is 0 Å². The zero-order valence-electron chi connectivity index (χ0n) is 13.5. The quantitative estimate of drug-likeness (QED) is 0.864. The minimum atomic E-state index is 0. The largest absolute Gasteiger partial charge is 0.337 e. The minimum absolute atomic E-state index is 0. The molecule has 0 unspecified atom stereocenters. The van der Waals surface area contributed by atoms with Crippen molar-refractivity contribution in [3.8, 4) is 0 Å². The first-order chi connectivity index (χ1) is 9.61. The summed E-state index contributed by atoms with van der Waals surface area (Å²) < 4.78 is 0. The minimum Gasteiger partial charge on any atom is -0.337 e. The Bertz CT molecular complexity index is 446. The topological polar surface area (TPSA) is 45.2 Å². The van der Waals surface area contributed by atoms with Gasteiger partial charge in [-0.2, -0.15) is 0 Å². The van der Waals surface area contributed by atoms with Crippen LogP contribution in [0.3, 0.4) is 0 Å². The average molecular weight is 368 g/mol. The molecular weight excluding hydrogens is 341 g/mol. The van der Waals surface area contributed by atoms with E-state index in [1.165, 1.54) is 0 Å². The van der Waals surface area contributed by atoms with Crippen LogP contribution in [-0.4, -0.2) is 42.0 Å². The molecule has 22 heavy (non-hydrogen) atoms. The number of carbonyl (C=O) groups is 1. The lowest BCUT2D eigenvalue weighted by Crippen LogP contribution is -2.40. The lowest BCUT2D eigenvalue weighted by atomic mass is 9.96. The number of amides is 1. The molecule has 1 aromatic heterocycles. The predicted octanol–water partition coefficient (Wildman–Crippen LogP) is 3.57. The summed E-state index contributed by atoms with van der Waals surface area (Å²) in [5.74, 6) is 1.21. The third-order valence-corrected chi connectivity index (χ3v) is 4.97. The molecule has 0 spiro atoms. The SMILES string of the molecule is CCNCC1CCN(C(=O)c2csc(C(C)C)n2)CC1.Cl.Cl. The fourth-order valence-corrected chi connectivity index (χ4v) is 3.31. The second-order valence-electron chi connectivity index (χ2n) is 5.77. The van der Waals surface area contributed by atoms with Crippen molar-refractivity contribution in [1.82, 2.24) is 15.2 Å². The number of nitrogens with zero attached hydrogens (tertiary/aromatic N) is 2. The summed E-state index contributed by atoms with van der Waals surface area (Å²) in [6.45, 7) is 10.2. The van der Waals surface area contributed by atoms with Crippen LogP contribution >= 0.6 is 36.2 Å². The van der Waals surface area contributed by atoms with Crippen molar-refractivity contribution < 1.29 is 4.79 Å². The van der Waals surface area contributed by atoms with Crippen LogP contribution in [0.2, 0.25) is 0 Å². The second kappa shape index (κ2) is 10.4. The van der Waals surface area contributed by atoms with Crippen LogP contribution in [0.1, 0.15) is 55.0 Å². The summed E-state index contributed by atoms with van der Waals surface area (Å²) in [6, 6.07) is 0. The number of aromatic nitrogens is 1. The molecule has 2 heterocycles. The Morgan fingerprint density at radius 1 is 1.41 bits per heavy atom. The van der Waals surface area contributed by atoms with Crippen molar-refractivity contribution >= 4 is 42.1 Å². The van der Waals surface area contributed by atoms with Crippen LogP contribution in [0.5, 0.6) is 0 Å². The van der Waals surface area contributed by atoms with E-state index in [2.05, 4.69) is 31.1 Å². The molecule has 2 rings (SSSR count). The van der Waals surface area contributed by atoms with E-state index in [1.54, 1.807) is 11.3 Å². The third-order valence-electron chi connectivity index (χ3n) is 3.82. The number of carbonyl (C=O) groups excluding carboxylic acids is 1. The lowest BCUT2D eigenvalue weighted by molar-refractivity contribution is 0.0685. The maximum absolute atomic E-state index is 12.4. The molecule has 4 nitrogen and oxygen atoms in total. The van der Waals surface area contributed by atoms with E-state index in [9.17, 15) is 4.79 Å². The number of hydrogen-bond acceptors (Lipinski definition) is 4. The molecular formula is C15H27Cl2N3OS. The predicted molar refractivity (Wildman–Crippen MR) is 97.9 cm³/mol. The molecule has 0 aromatic carbocycles. The normalized spacial score (nSPS) is 15.4. The Balaban J connectivity index is 0.00000220. The number of halogens is 2. The molecule has 1 aromatic rings. The Labute approximate surface area is 149 Å². The van der Waals surface area contributed by atoms with Gasteiger partial charge in [-0.05, 0) is 31.8 Å². The van der Waals surface area contributed by atoms with E-state index in [1.807, 2.05) is 10.3 Å². The molecule has 0 saturated carbocycles. The highest BCUT2D eigenvalue weighted by atomic mass is 35.5. The molecule has 0 radical (unpaired) electrons. The number of rotatable bonds is 5. The Kier molecular flexibility index (Phi) is 10.3.